The van der Waals surface area contributed by atoms with Crippen molar-refractivity contribution in [2.45, 2.75) is 64.3 Å². The lowest BCUT2D eigenvalue weighted by Gasteiger charge is -2.22. The molecule has 1 saturated carbocycles. The van der Waals surface area contributed by atoms with Crippen LogP contribution in [0.2, 0.25) is 5.02 Å². The Morgan fingerprint density at radius 2 is 1.90 bits per heavy atom. The number of benzene rings is 1. The highest BCUT2D eigenvalue weighted by atomic mass is 35.5. The van der Waals surface area contributed by atoms with E-state index in [4.69, 9.17) is 16.7 Å². The maximum absolute atomic E-state index is 12.8. The van der Waals surface area contributed by atoms with Gasteiger partial charge in [0.05, 0.1) is 35.5 Å². The zero-order valence-electron chi connectivity index (χ0n) is 17.6. The molecule has 8 nitrogen and oxygen atoms in total. The van der Waals surface area contributed by atoms with Gasteiger partial charge in [-0.3, -0.25) is 13.9 Å². The van der Waals surface area contributed by atoms with Gasteiger partial charge in [0.1, 0.15) is 6.23 Å². The molecule has 0 aliphatic heterocycles. The highest BCUT2D eigenvalue weighted by molar-refractivity contribution is 6.33. The van der Waals surface area contributed by atoms with E-state index in [-0.39, 0.29) is 23.0 Å². The monoisotopic (exact) mass is 451 g/mol. The molecule has 170 valence electrons. The normalized spacial score (nSPS) is 17.2. The maximum atomic E-state index is 12.8. The van der Waals surface area contributed by atoms with Crippen molar-refractivity contribution in [3.8, 4) is 5.69 Å². The molecule has 2 atom stereocenters. The number of aryl methyl sites for hydroxylation is 1. The van der Waals surface area contributed by atoms with Gasteiger partial charge in [0.15, 0.2) is 0 Å². The van der Waals surface area contributed by atoms with Gasteiger partial charge in [-0.1, -0.05) is 37.3 Å². The fraction of sp³-hybridized carbons (Fsp3) is 0.545. The van der Waals surface area contributed by atoms with Gasteiger partial charge in [0, 0.05) is 17.8 Å². The fourth-order valence-corrected chi connectivity index (χ4v) is 4.27. The summed E-state index contributed by atoms with van der Waals surface area (Å²) in [4.78, 5) is 25.6. The number of hydrogen-bond acceptors (Lipinski definition) is 5. The summed E-state index contributed by atoms with van der Waals surface area (Å²) >= 11 is 6.24. The van der Waals surface area contributed by atoms with Crippen LogP contribution in [0, 0.1) is 12.8 Å². The van der Waals surface area contributed by atoms with Crippen LogP contribution < -0.4 is 11.0 Å². The number of carbonyl (C=O) groups excluding carboxylic acids is 1. The number of hydrogen-bond donors (Lipinski definition) is 4. The van der Waals surface area contributed by atoms with Gasteiger partial charge < -0.3 is 20.6 Å². The molecule has 2 unspecified atom stereocenters. The van der Waals surface area contributed by atoms with Crippen LogP contribution in [-0.2, 0) is 6.54 Å². The second-order valence-electron chi connectivity index (χ2n) is 8.20. The molecule has 4 N–H and O–H groups in total. The fourth-order valence-electron chi connectivity index (χ4n) is 4.06. The van der Waals surface area contributed by atoms with Gasteiger partial charge in [0.25, 0.3) is 5.91 Å². The number of amides is 1. The van der Waals surface area contributed by atoms with Crippen LogP contribution in [0.25, 0.3) is 5.69 Å². The minimum atomic E-state index is -1.05. The third kappa shape index (κ3) is 5.57. The Bertz CT molecular complexity index is 963. The Morgan fingerprint density at radius 3 is 2.55 bits per heavy atom. The Labute approximate surface area is 186 Å². The zero-order valence-corrected chi connectivity index (χ0v) is 18.4. The van der Waals surface area contributed by atoms with Gasteiger partial charge in [-0.15, -0.1) is 0 Å². The summed E-state index contributed by atoms with van der Waals surface area (Å²) in [5.74, 6) is -0.478. The molecule has 3 rings (SSSR count). The highest BCUT2D eigenvalue weighted by Crippen LogP contribution is 2.26. The van der Waals surface area contributed by atoms with E-state index >= 15 is 0 Å². The topological polar surface area (TPSA) is 117 Å². The molecule has 1 amide bonds. The molecule has 0 spiro atoms. The number of imidazole rings is 1. The standard InChI is InChI=1S/C22H30ClN3O5/c1-14-11-26(22(31)25(14)12-17(28)13-27)16-8-9-19(23)18(10-16)21(30)24-20(29)15-6-4-2-3-5-7-15/h8-11,15,17,20,27-29H,2-7,12-13H2,1H3,(H,24,30). The SMILES string of the molecule is Cc1cn(-c2ccc(Cl)c(C(=O)NC(O)C3CCCCCC3)c2)c(=O)n1CC(O)CO. The van der Waals surface area contributed by atoms with Crippen molar-refractivity contribution in [3.05, 3.63) is 51.2 Å². The van der Waals surface area contributed by atoms with Gasteiger partial charge in [-0.2, -0.15) is 0 Å². The van der Waals surface area contributed by atoms with Crippen molar-refractivity contribution >= 4 is 17.5 Å². The quantitative estimate of drug-likeness (QED) is 0.379. The summed E-state index contributed by atoms with van der Waals surface area (Å²) in [6.45, 7) is 1.23. The molecule has 1 fully saturated rings. The number of rotatable bonds is 7. The molecule has 1 aliphatic carbocycles. The molecule has 0 bridgehead atoms. The Kier molecular flexibility index (Phi) is 7.94. The molecule has 31 heavy (non-hydrogen) atoms. The molecular weight excluding hydrogens is 422 g/mol. The summed E-state index contributed by atoms with van der Waals surface area (Å²) in [6, 6.07) is 4.66. The van der Waals surface area contributed by atoms with Crippen LogP contribution in [0.15, 0.2) is 29.2 Å². The number of aliphatic hydroxyl groups excluding tert-OH is 3. The summed E-state index contributed by atoms with van der Waals surface area (Å²) < 4.78 is 2.71. The molecule has 1 aromatic carbocycles. The van der Waals surface area contributed by atoms with E-state index in [9.17, 15) is 19.8 Å². The van der Waals surface area contributed by atoms with Crippen molar-refractivity contribution < 1.29 is 20.1 Å². The zero-order chi connectivity index (χ0) is 22.5. The van der Waals surface area contributed by atoms with E-state index in [1.165, 1.54) is 21.3 Å². The van der Waals surface area contributed by atoms with E-state index in [1.807, 2.05) is 0 Å². The number of carbonyl (C=O) groups is 1. The first-order chi connectivity index (χ1) is 14.8. The van der Waals surface area contributed by atoms with Crippen molar-refractivity contribution in [1.29, 1.82) is 0 Å². The summed E-state index contributed by atoms with van der Waals surface area (Å²) in [5, 5.41) is 32.1. The van der Waals surface area contributed by atoms with E-state index < -0.39 is 30.5 Å². The summed E-state index contributed by atoms with van der Waals surface area (Å²) in [7, 11) is 0. The number of nitrogens with one attached hydrogen (secondary N) is 1. The van der Waals surface area contributed by atoms with Crippen LogP contribution in [0.3, 0.4) is 0 Å². The molecule has 1 aliphatic rings. The van der Waals surface area contributed by atoms with Crippen LogP contribution in [0.4, 0.5) is 0 Å². The molecule has 9 heteroatoms. The van der Waals surface area contributed by atoms with Gasteiger partial charge >= 0.3 is 5.69 Å². The van der Waals surface area contributed by atoms with Crippen LogP contribution in [0.5, 0.6) is 0 Å². The smallest absolute Gasteiger partial charge is 0.333 e. The van der Waals surface area contributed by atoms with Gasteiger partial charge in [-0.25, -0.2) is 4.79 Å². The maximum Gasteiger partial charge on any atom is 0.333 e. The molecule has 0 radical (unpaired) electrons. The number of nitrogens with zero attached hydrogens (tertiary/aromatic N) is 2. The second-order valence-corrected chi connectivity index (χ2v) is 8.61. The average Bonchev–Trinajstić information content (AvgIpc) is 2.94. The molecule has 0 saturated heterocycles. The van der Waals surface area contributed by atoms with Crippen LogP contribution in [0.1, 0.15) is 54.6 Å². The van der Waals surface area contributed by atoms with Crippen molar-refractivity contribution in [2.24, 2.45) is 5.92 Å². The molecular formula is C22H30ClN3O5. The minimum Gasteiger partial charge on any atom is -0.394 e. The van der Waals surface area contributed by atoms with Gasteiger partial charge in [0.2, 0.25) is 0 Å². The second kappa shape index (κ2) is 10.5. The van der Waals surface area contributed by atoms with Gasteiger partial charge in [-0.05, 0) is 38.0 Å². The number of aromatic nitrogens is 2. The average molecular weight is 452 g/mol. The van der Waals surface area contributed by atoms with E-state index in [2.05, 4.69) is 5.32 Å². The lowest BCUT2D eigenvalue weighted by Crippen LogP contribution is -2.40. The predicted molar refractivity (Wildman–Crippen MR) is 118 cm³/mol. The Hall–Kier alpha value is -2.13. The number of halogens is 1. The van der Waals surface area contributed by atoms with Crippen molar-refractivity contribution in [1.82, 2.24) is 14.5 Å². The third-order valence-corrected chi connectivity index (χ3v) is 6.21. The lowest BCUT2D eigenvalue weighted by molar-refractivity contribution is 0.0532. The largest absolute Gasteiger partial charge is 0.394 e. The van der Waals surface area contributed by atoms with Crippen molar-refractivity contribution in [2.75, 3.05) is 6.61 Å². The predicted octanol–water partition coefficient (Wildman–Crippen LogP) is 1.97. The molecule has 1 aromatic heterocycles. The Balaban J connectivity index is 1.82. The molecule has 2 aromatic rings. The summed E-state index contributed by atoms with van der Waals surface area (Å²) in [5.41, 5.74) is 0.794. The lowest BCUT2D eigenvalue weighted by atomic mass is 9.98. The minimum absolute atomic E-state index is 0.0191. The van der Waals surface area contributed by atoms with E-state index in [0.29, 0.717) is 11.4 Å². The van der Waals surface area contributed by atoms with E-state index in [1.54, 1.807) is 19.2 Å². The Morgan fingerprint density at radius 1 is 1.23 bits per heavy atom. The third-order valence-electron chi connectivity index (χ3n) is 5.88. The van der Waals surface area contributed by atoms with E-state index in [0.717, 1.165) is 38.5 Å². The first-order valence-electron chi connectivity index (χ1n) is 10.7. The van der Waals surface area contributed by atoms with Crippen molar-refractivity contribution in [3.63, 3.8) is 0 Å². The number of aliphatic hydroxyl groups is 3. The first kappa shape index (κ1) is 23.5. The van der Waals surface area contributed by atoms with Crippen LogP contribution >= 0.6 is 11.6 Å². The van der Waals surface area contributed by atoms with Crippen LogP contribution in [-0.4, -0.2) is 49.3 Å². The first-order valence-corrected chi connectivity index (χ1v) is 11.1. The summed E-state index contributed by atoms with van der Waals surface area (Å²) in [6.07, 6.45) is 5.71. The molecule has 1 heterocycles. The highest BCUT2D eigenvalue weighted by Gasteiger charge is 2.24.